The second kappa shape index (κ2) is 6.90. The van der Waals surface area contributed by atoms with E-state index in [0.717, 1.165) is 29.5 Å². The van der Waals surface area contributed by atoms with Gasteiger partial charge in [-0.15, -0.1) is 0 Å². The molecule has 0 radical (unpaired) electrons. The Kier molecular flexibility index (Phi) is 5.20. The Labute approximate surface area is 123 Å². The molecule has 0 aliphatic carbocycles. The molecule has 0 aliphatic heterocycles. The minimum atomic E-state index is -3.36. The zero-order chi connectivity index (χ0) is 14.4. The molecule has 0 saturated carbocycles. The van der Waals surface area contributed by atoms with Crippen molar-refractivity contribution in [3.63, 3.8) is 0 Å². The topological polar surface area (TPSA) is 56.3 Å². The SMILES string of the molecule is O=S(=O)(Cl)CCCCCOc1ccc2cccnc2c1. The van der Waals surface area contributed by atoms with Crippen LogP contribution in [0.1, 0.15) is 19.3 Å². The summed E-state index contributed by atoms with van der Waals surface area (Å²) in [6.07, 6.45) is 3.89. The van der Waals surface area contributed by atoms with Gasteiger partial charge in [0.1, 0.15) is 5.75 Å². The first-order chi connectivity index (χ1) is 9.54. The standard InChI is InChI=1S/C14H16ClNO3S/c15-20(17,18)10-3-1-2-9-19-13-7-6-12-5-4-8-16-14(12)11-13/h4-8,11H,1-3,9-10H2. The summed E-state index contributed by atoms with van der Waals surface area (Å²) in [5.74, 6) is 0.801. The molecule has 108 valence electrons. The van der Waals surface area contributed by atoms with E-state index in [0.29, 0.717) is 13.0 Å². The van der Waals surface area contributed by atoms with Gasteiger partial charge in [0.25, 0.3) is 0 Å². The number of benzene rings is 1. The van der Waals surface area contributed by atoms with Gasteiger partial charge < -0.3 is 4.74 Å². The highest BCUT2D eigenvalue weighted by Crippen LogP contribution is 2.19. The molecule has 0 N–H and O–H groups in total. The van der Waals surface area contributed by atoms with Gasteiger partial charge in [0.05, 0.1) is 17.9 Å². The number of aromatic nitrogens is 1. The molecular weight excluding hydrogens is 298 g/mol. The van der Waals surface area contributed by atoms with Crippen LogP contribution in [0.5, 0.6) is 5.75 Å². The van der Waals surface area contributed by atoms with E-state index in [2.05, 4.69) is 4.98 Å². The summed E-state index contributed by atoms with van der Waals surface area (Å²) in [5, 5.41) is 1.08. The maximum Gasteiger partial charge on any atom is 0.232 e. The Bertz CT molecular complexity index is 673. The van der Waals surface area contributed by atoms with Crippen molar-refractivity contribution >= 4 is 30.6 Å². The molecule has 2 aromatic rings. The van der Waals surface area contributed by atoms with E-state index in [4.69, 9.17) is 15.4 Å². The molecule has 0 atom stereocenters. The minimum Gasteiger partial charge on any atom is -0.494 e. The van der Waals surface area contributed by atoms with Crippen LogP contribution in [0.25, 0.3) is 10.9 Å². The first-order valence-electron chi connectivity index (χ1n) is 6.44. The summed E-state index contributed by atoms with van der Waals surface area (Å²) in [6, 6.07) is 9.68. The monoisotopic (exact) mass is 313 g/mol. The van der Waals surface area contributed by atoms with Gasteiger partial charge in [-0.3, -0.25) is 4.98 Å². The third kappa shape index (κ3) is 4.98. The first-order valence-corrected chi connectivity index (χ1v) is 8.92. The second-order valence-electron chi connectivity index (χ2n) is 4.51. The van der Waals surface area contributed by atoms with Gasteiger partial charge in [0.15, 0.2) is 0 Å². The van der Waals surface area contributed by atoms with Crippen molar-refractivity contribution in [1.82, 2.24) is 4.98 Å². The number of ether oxygens (including phenoxy) is 1. The fourth-order valence-electron chi connectivity index (χ4n) is 1.88. The third-order valence-electron chi connectivity index (χ3n) is 2.88. The molecule has 2 rings (SSSR count). The summed E-state index contributed by atoms with van der Waals surface area (Å²) >= 11 is 0. The highest BCUT2D eigenvalue weighted by atomic mass is 35.7. The number of rotatable bonds is 7. The van der Waals surface area contributed by atoms with Gasteiger partial charge in [0, 0.05) is 28.3 Å². The summed E-state index contributed by atoms with van der Waals surface area (Å²) in [7, 11) is 1.77. The van der Waals surface area contributed by atoms with Crippen molar-refractivity contribution in [2.75, 3.05) is 12.4 Å². The second-order valence-corrected chi connectivity index (χ2v) is 7.41. The molecule has 0 aliphatic rings. The minimum absolute atomic E-state index is 0.0223. The smallest absolute Gasteiger partial charge is 0.232 e. The molecule has 0 amide bonds. The fraction of sp³-hybridized carbons (Fsp3) is 0.357. The molecule has 20 heavy (non-hydrogen) atoms. The van der Waals surface area contributed by atoms with Crippen molar-refractivity contribution < 1.29 is 13.2 Å². The predicted octanol–water partition coefficient (Wildman–Crippen LogP) is 3.35. The van der Waals surface area contributed by atoms with Gasteiger partial charge in [-0.2, -0.15) is 0 Å². The first kappa shape index (κ1) is 15.1. The van der Waals surface area contributed by atoms with Crippen LogP contribution in [-0.4, -0.2) is 25.8 Å². The highest BCUT2D eigenvalue weighted by Gasteiger charge is 2.04. The average Bonchev–Trinajstić information content (AvgIpc) is 2.41. The van der Waals surface area contributed by atoms with E-state index in [1.54, 1.807) is 6.20 Å². The van der Waals surface area contributed by atoms with Crippen molar-refractivity contribution in [2.45, 2.75) is 19.3 Å². The predicted molar refractivity (Wildman–Crippen MR) is 80.7 cm³/mol. The van der Waals surface area contributed by atoms with Crippen LogP contribution in [0.3, 0.4) is 0 Å². The lowest BCUT2D eigenvalue weighted by atomic mass is 10.2. The number of fused-ring (bicyclic) bond motifs is 1. The quantitative estimate of drug-likeness (QED) is 0.581. The van der Waals surface area contributed by atoms with E-state index < -0.39 is 9.05 Å². The van der Waals surface area contributed by atoms with E-state index >= 15 is 0 Å². The number of hydrogen-bond acceptors (Lipinski definition) is 4. The third-order valence-corrected chi connectivity index (χ3v) is 4.12. The van der Waals surface area contributed by atoms with Crippen LogP contribution in [0.15, 0.2) is 36.5 Å². The van der Waals surface area contributed by atoms with Crippen LogP contribution in [0, 0.1) is 0 Å². The molecular formula is C14H16ClNO3S. The molecule has 4 nitrogen and oxygen atoms in total. The zero-order valence-corrected chi connectivity index (χ0v) is 12.5. The van der Waals surface area contributed by atoms with Crippen LogP contribution < -0.4 is 4.74 Å². The van der Waals surface area contributed by atoms with Crippen molar-refractivity contribution in [1.29, 1.82) is 0 Å². The highest BCUT2D eigenvalue weighted by molar-refractivity contribution is 8.13. The summed E-state index contributed by atoms with van der Waals surface area (Å²) in [5.41, 5.74) is 0.901. The lowest BCUT2D eigenvalue weighted by molar-refractivity contribution is 0.306. The van der Waals surface area contributed by atoms with E-state index in [-0.39, 0.29) is 5.75 Å². The fourth-order valence-corrected chi connectivity index (χ4v) is 2.76. The Balaban J connectivity index is 1.76. The zero-order valence-electron chi connectivity index (χ0n) is 11.0. The number of hydrogen-bond donors (Lipinski definition) is 0. The average molecular weight is 314 g/mol. The Hall–Kier alpha value is -1.33. The van der Waals surface area contributed by atoms with Crippen LogP contribution >= 0.6 is 10.7 Å². The summed E-state index contributed by atoms with van der Waals surface area (Å²) in [6.45, 7) is 0.556. The Morgan fingerprint density at radius 2 is 2.00 bits per heavy atom. The lowest BCUT2D eigenvalue weighted by Crippen LogP contribution is -2.00. The normalized spacial score (nSPS) is 11.7. The molecule has 0 fully saturated rings. The lowest BCUT2D eigenvalue weighted by Gasteiger charge is -2.06. The number of unbranched alkanes of at least 4 members (excludes halogenated alkanes) is 2. The van der Waals surface area contributed by atoms with Crippen molar-refractivity contribution in [3.05, 3.63) is 36.5 Å². The van der Waals surface area contributed by atoms with E-state index in [9.17, 15) is 8.42 Å². The molecule has 0 bridgehead atoms. The van der Waals surface area contributed by atoms with Gasteiger partial charge in [-0.05, 0) is 37.5 Å². The van der Waals surface area contributed by atoms with Gasteiger partial charge in [-0.1, -0.05) is 6.07 Å². The van der Waals surface area contributed by atoms with Gasteiger partial charge >= 0.3 is 0 Å². The summed E-state index contributed by atoms with van der Waals surface area (Å²) in [4.78, 5) is 4.27. The molecule has 1 aromatic carbocycles. The molecule has 1 aromatic heterocycles. The van der Waals surface area contributed by atoms with E-state index in [1.165, 1.54) is 0 Å². The maximum atomic E-state index is 10.7. The van der Waals surface area contributed by atoms with Crippen LogP contribution in [0.4, 0.5) is 0 Å². The summed E-state index contributed by atoms with van der Waals surface area (Å²) < 4.78 is 27.1. The van der Waals surface area contributed by atoms with Gasteiger partial charge in [-0.25, -0.2) is 8.42 Å². The number of pyridine rings is 1. The van der Waals surface area contributed by atoms with Gasteiger partial charge in [0.2, 0.25) is 9.05 Å². The number of halogens is 1. The van der Waals surface area contributed by atoms with Crippen molar-refractivity contribution in [2.24, 2.45) is 0 Å². The maximum absolute atomic E-state index is 10.7. The number of nitrogens with zero attached hydrogens (tertiary/aromatic N) is 1. The molecule has 1 heterocycles. The Morgan fingerprint density at radius 1 is 1.15 bits per heavy atom. The molecule has 0 saturated heterocycles. The molecule has 0 spiro atoms. The van der Waals surface area contributed by atoms with Crippen molar-refractivity contribution in [3.8, 4) is 5.75 Å². The molecule has 0 unspecified atom stereocenters. The van der Waals surface area contributed by atoms with Crippen LogP contribution in [0.2, 0.25) is 0 Å². The largest absolute Gasteiger partial charge is 0.494 e. The Morgan fingerprint density at radius 3 is 2.80 bits per heavy atom. The molecule has 6 heteroatoms. The van der Waals surface area contributed by atoms with E-state index in [1.807, 2.05) is 30.3 Å². The van der Waals surface area contributed by atoms with Crippen LogP contribution in [-0.2, 0) is 9.05 Å².